The Hall–Kier alpha value is -8.72. The van der Waals surface area contributed by atoms with Crippen LogP contribution in [0.5, 0.6) is 0 Å². The van der Waals surface area contributed by atoms with Crippen molar-refractivity contribution in [1.82, 2.24) is 0 Å². The van der Waals surface area contributed by atoms with Gasteiger partial charge in [0.1, 0.15) is 11.2 Å². The molecule has 0 aliphatic rings. The van der Waals surface area contributed by atoms with Gasteiger partial charge in [-0.3, -0.25) is 0 Å². The van der Waals surface area contributed by atoms with Crippen molar-refractivity contribution < 1.29 is 4.42 Å². The maximum atomic E-state index is 6.22. The van der Waals surface area contributed by atoms with Gasteiger partial charge in [0.2, 0.25) is 0 Å². The lowest BCUT2D eigenvalue weighted by atomic mass is 9.88. The van der Waals surface area contributed by atoms with Crippen molar-refractivity contribution in [1.29, 1.82) is 0 Å². The number of anilines is 3. The predicted octanol–water partition coefficient (Wildman–Crippen LogP) is 18.3. The molecule has 0 bridgehead atoms. The highest BCUT2D eigenvalue weighted by atomic mass is 16.3. The fourth-order valence-corrected chi connectivity index (χ4v) is 10.3. The molecule has 0 aliphatic carbocycles. The van der Waals surface area contributed by atoms with E-state index in [-0.39, 0.29) is 0 Å². The van der Waals surface area contributed by atoms with E-state index in [2.05, 4.69) is 241 Å². The largest absolute Gasteiger partial charge is 0.456 e. The van der Waals surface area contributed by atoms with Gasteiger partial charge in [-0.25, -0.2) is 0 Å². The summed E-state index contributed by atoms with van der Waals surface area (Å²) < 4.78 is 6.22. The summed E-state index contributed by atoms with van der Waals surface area (Å²) in [5.74, 6) is 0. The second kappa shape index (κ2) is 15.5. The second-order valence-corrected chi connectivity index (χ2v) is 17.2. The maximum Gasteiger partial charge on any atom is 0.136 e. The molecule has 12 aromatic carbocycles. The zero-order chi connectivity index (χ0) is 43.6. The minimum atomic E-state index is 0.908. The summed E-state index contributed by atoms with van der Waals surface area (Å²) in [5.41, 5.74) is 14.6. The molecule has 308 valence electrons. The summed E-state index contributed by atoms with van der Waals surface area (Å²) in [6.45, 7) is 0. The first-order valence-corrected chi connectivity index (χ1v) is 22.7. The minimum absolute atomic E-state index is 0.908. The number of hydrogen-bond acceptors (Lipinski definition) is 2. The Balaban J connectivity index is 0.912. The third-order valence-corrected chi connectivity index (χ3v) is 13.5. The van der Waals surface area contributed by atoms with Gasteiger partial charge in [0, 0.05) is 27.5 Å². The van der Waals surface area contributed by atoms with E-state index >= 15 is 0 Å². The first kappa shape index (κ1) is 37.8. The van der Waals surface area contributed by atoms with E-state index in [9.17, 15) is 0 Å². The smallest absolute Gasteiger partial charge is 0.136 e. The molecule has 0 unspecified atom stereocenters. The highest BCUT2D eigenvalue weighted by molar-refractivity contribution is 6.15. The van der Waals surface area contributed by atoms with Gasteiger partial charge in [0.05, 0.1) is 5.69 Å². The number of hydrogen-bond donors (Lipinski definition) is 0. The van der Waals surface area contributed by atoms with Crippen molar-refractivity contribution in [3.63, 3.8) is 0 Å². The fraction of sp³-hybridized carbons (Fsp3) is 0. The topological polar surface area (TPSA) is 16.4 Å². The lowest BCUT2D eigenvalue weighted by molar-refractivity contribution is 0.669. The van der Waals surface area contributed by atoms with E-state index < -0.39 is 0 Å². The van der Waals surface area contributed by atoms with Gasteiger partial charge < -0.3 is 9.32 Å². The van der Waals surface area contributed by atoms with Gasteiger partial charge in [0.25, 0.3) is 0 Å². The first-order valence-electron chi connectivity index (χ1n) is 22.7. The van der Waals surface area contributed by atoms with Crippen molar-refractivity contribution >= 4 is 82.1 Å². The average molecular weight is 840 g/mol. The predicted molar refractivity (Wildman–Crippen MR) is 280 cm³/mol. The molecule has 2 heteroatoms. The van der Waals surface area contributed by atoms with Crippen LogP contribution in [0.25, 0.3) is 110 Å². The van der Waals surface area contributed by atoms with Crippen molar-refractivity contribution in [3.8, 4) is 44.5 Å². The quantitative estimate of drug-likeness (QED) is 0.149. The Kier molecular flexibility index (Phi) is 8.89. The Morgan fingerprint density at radius 3 is 1.48 bits per heavy atom. The van der Waals surface area contributed by atoms with E-state index in [0.29, 0.717) is 0 Å². The van der Waals surface area contributed by atoms with E-state index in [4.69, 9.17) is 4.42 Å². The normalized spacial score (nSPS) is 11.6. The first-order chi connectivity index (χ1) is 32.7. The molecule has 0 saturated carbocycles. The molecule has 0 saturated heterocycles. The van der Waals surface area contributed by atoms with Gasteiger partial charge >= 0.3 is 0 Å². The molecule has 13 rings (SSSR count). The molecule has 0 atom stereocenters. The molecule has 0 aliphatic heterocycles. The molecule has 1 heterocycles. The van der Waals surface area contributed by atoms with Gasteiger partial charge in [0.15, 0.2) is 0 Å². The Morgan fingerprint density at radius 1 is 0.258 bits per heavy atom. The summed E-state index contributed by atoms with van der Waals surface area (Å²) in [6.07, 6.45) is 0. The van der Waals surface area contributed by atoms with Crippen LogP contribution in [0.3, 0.4) is 0 Å². The summed E-state index contributed by atoms with van der Waals surface area (Å²) in [7, 11) is 0. The second-order valence-electron chi connectivity index (χ2n) is 17.2. The highest BCUT2D eigenvalue weighted by Gasteiger charge is 2.20. The van der Waals surface area contributed by atoms with E-state index in [0.717, 1.165) is 55.7 Å². The van der Waals surface area contributed by atoms with E-state index in [1.54, 1.807) is 0 Å². The van der Waals surface area contributed by atoms with Crippen LogP contribution in [0.4, 0.5) is 17.1 Å². The molecule has 66 heavy (non-hydrogen) atoms. The molecule has 0 spiro atoms. The van der Waals surface area contributed by atoms with Crippen LogP contribution in [-0.4, -0.2) is 0 Å². The monoisotopic (exact) mass is 839 g/mol. The molecule has 1 aromatic heterocycles. The molecule has 13 aromatic rings. The summed E-state index contributed by atoms with van der Waals surface area (Å²) in [4.78, 5) is 2.42. The number of rotatable bonds is 7. The molecule has 0 radical (unpaired) electrons. The number of nitrogens with zero attached hydrogens (tertiary/aromatic N) is 1. The van der Waals surface area contributed by atoms with E-state index in [1.165, 1.54) is 70.9 Å². The Bertz CT molecular complexity index is 3970. The third-order valence-electron chi connectivity index (χ3n) is 13.5. The Morgan fingerprint density at radius 2 is 0.758 bits per heavy atom. The van der Waals surface area contributed by atoms with Crippen LogP contribution >= 0.6 is 0 Å². The molecule has 0 amide bonds. The highest BCUT2D eigenvalue weighted by Crippen LogP contribution is 2.45. The minimum Gasteiger partial charge on any atom is -0.456 e. The third kappa shape index (κ3) is 6.34. The zero-order valence-corrected chi connectivity index (χ0v) is 36.0. The van der Waals surface area contributed by atoms with Gasteiger partial charge in [-0.15, -0.1) is 0 Å². The summed E-state index contributed by atoms with van der Waals surface area (Å²) in [5, 5.41) is 12.1. The van der Waals surface area contributed by atoms with Crippen LogP contribution in [0.15, 0.2) is 253 Å². The number of furan rings is 1. The maximum absolute atomic E-state index is 6.22. The van der Waals surface area contributed by atoms with Gasteiger partial charge in [-0.05, 0) is 131 Å². The van der Waals surface area contributed by atoms with Crippen molar-refractivity contribution in [2.45, 2.75) is 0 Å². The number of benzene rings is 12. The molecular weight excluding hydrogens is 799 g/mol. The van der Waals surface area contributed by atoms with Crippen LogP contribution in [0.2, 0.25) is 0 Å². The molecule has 2 nitrogen and oxygen atoms in total. The van der Waals surface area contributed by atoms with Gasteiger partial charge in [-0.1, -0.05) is 200 Å². The van der Waals surface area contributed by atoms with Crippen LogP contribution < -0.4 is 4.90 Å². The number of para-hydroxylation sites is 1. The fourth-order valence-electron chi connectivity index (χ4n) is 10.3. The lowest BCUT2D eigenvalue weighted by Gasteiger charge is -2.28. The zero-order valence-electron chi connectivity index (χ0n) is 36.0. The molecule has 0 fully saturated rings. The van der Waals surface area contributed by atoms with Crippen LogP contribution in [-0.2, 0) is 0 Å². The summed E-state index contributed by atoms with van der Waals surface area (Å²) in [6, 6.07) is 90.4. The van der Waals surface area contributed by atoms with Crippen molar-refractivity contribution in [2.24, 2.45) is 0 Å². The Labute approximate surface area is 382 Å². The van der Waals surface area contributed by atoms with Gasteiger partial charge in [-0.2, -0.15) is 0 Å². The average Bonchev–Trinajstić information content (AvgIpc) is 3.77. The van der Waals surface area contributed by atoms with Crippen LogP contribution in [0, 0.1) is 0 Å². The lowest BCUT2D eigenvalue weighted by Crippen LogP contribution is -2.10. The van der Waals surface area contributed by atoms with E-state index in [1.807, 2.05) is 12.1 Å². The standard InChI is InChI=1S/C64H41NO/c1-4-16-52-45(12-1)15-11-22-56(52)60-39-32-46-13-2-6-18-54(46)64(60)47-30-36-51(37-31-47)65(61-40-49-14-3-5-17-53(49)55-19-7-8-20-57(55)61)50-34-28-43(29-35-50)42-24-26-44(27-25-42)48-33-38-59-58-21-9-10-23-62(58)66-63(59)41-48/h1-41H. The van der Waals surface area contributed by atoms with Crippen LogP contribution in [0.1, 0.15) is 0 Å². The summed E-state index contributed by atoms with van der Waals surface area (Å²) >= 11 is 0. The van der Waals surface area contributed by atoms with Crippen molar-refractivity contribution in [3.05, 3.63) is 249 Å². The SMILES string of the molecule is c1ccc2c(-c3ccc4ccccc4c3-c3ccc(N(c4ccc(-c5ccc(-c6ccc7c(c6)oc6ccccc67)cc5)cc4)c4cc5ccccc5c5ccccc45)cc3)cccc2c1. The molecular formula is C64H41NO. The molecule has 0 N–H and O–H groups in total. The number of fused-ring (bicyclic) bond motifs is 8. The van der Waals surface area contributed by atoms with Crippen molar-refractivity contribution in [2.75, 3.05) is 4.90 Å².